The second-order valence-corrected chi connectivity index (χ2v) is 6.62. The lowest BCUT2D eigenvalue weighted by atomic mass is 10.1. The number of hydrogen-bond donors (Lipinski definition) is 0. The maximum atomic E-state index is 12.1. The van der Waals surface area contributed by atoms with Gasteiger partial charge < -0.3 is 9.64 Å². The van der Waals surface area contributed by atoms with Crippen molar-refractivity contribution in [1.29, 1.82) is 0 Å². The number of carbonyl (C=O) groups excluding carboxylic acids is 1. The summed E-state index contributed by atoms with van der Waals surface area (Å²) < 4.78 is 5.44. The molecule has 0 unspecified atom stereocenters. The smallest absolute Gasteiger partial charge is 0.410 e. The van der Waals surface area contributed by atoms with Crippen LogP contribution in [0.25, 0.3) is 0 Å². The van der Waals surface area contributed by atoms with E-state index in [1.54, 1.807) is 0 Å². The number of ether oxygens (including phenoxy) is 1. The van der Waals surface area contributed by atoms with Gasteiger partial charge in [-0.1, -0.05) is 0 Å². The van der Waals surface area contributed by atoms with Crippen molar-refractivity contribution in [3.05, 3.63) is 0 Å². The van der Waals surface area contributed by atoms with E-state index in [2.05, 4.69) is 32.6 Å². The van der Waals surface area contributed by atoms with Crippen LogP contribution in [0.15, 0.2) is 0 Å². The highest BCUT2D eigenvalue weighted by atomic mass is 16.6. The molecule has 1 fully saturated rings. The summed E-state index contributed by atoms with van der Waals surface area (Å²) >= 11 is 0. The van der Waals surface area contributed by atoms with Gasteiger partial charge in [0.25, 0.3) is 0 Å². The Morgan fingerprint density at radius 3 is 1.94 bits per heavy atom. The molecule has 1 amide bonds. The summed E-state index contributed by atoms with van der Waals surface area (Å²) in [6.07, 6.45) is -0.190. The van der Waals surface area contributed by atoms with E-state index in [1.165, 1.54) is 0 Å². The molecule has 0 aromatic heterocycles. The van der Waals surface area contributed by atoms with E-state index in [9.17, 15) is 4.79 Å². The lowest BCUT2D eigenvalue weighted by Crippen LogP contribution is -2.60. The Bertz CT molecular complexity index is 285. The minimum Gasteiger partial charge on any atom is -0.444 e. The zero-order valence-corrected chi connectivity index (χ0v) is 12.9. The molecule has 0 aromatic carbocycles. The van der Waals surface area contributed by atoms with Crippen LogP contribution in [0.4, 0.5) is 4.79 Å². The molecule has 1 heterocycles. The molecule has 1 saturated heterocycles. The maximum Gasteiger partial charge on any atom is 0.410 e. The molecule has 106 valence electrons. The van der Waals surface area contributed by atoms with Gasteiger partial charge in [-0.05, 0) is 48.5 Å². The third-order valence-electron chi connectivity index (χ3n) is 3.24. The van der Waals surface area contributed by atoms with Gasteiger partial charge in [-0.15, -0.1) is 0 Å². The minimum atomic E-state index is -0.418. The van der Waals surface area contributed by atoms with Gasteiger partial charge in [0.15, 0.2) is 0 Å². The van der Waals surface area contributed by atoms with Gasteiger partial charge in [0, 0.05) is 31.2 Å². The topological polar surface area (TPSA) is 32.8 Å². The van der Waals surface area contributed by atoms with E-state index in [0.717, 1.165) is 13.1 Å². The second-order valence-electron chi connectivity index (χ2n) is 6.62. The number of hydrogen-bond acceptors (Lipinski definition) is 3. The van der Waals surface area contributed by atoms with Crippen LogP contribution in [0.3, 0.4) is 0 Å². The maximum absolute atomic E-state index is 12.1. The molecule has 0 radical (unpaired) electrons. The average Bonchev–Trinajstić information content (AvgIpc) is 2.12. The van der Waals surface area contributed by atoms with Gasteiger partial charge in [-0.3, -0.25) is 4.90 Å². The number of piperazine rings is 1. The van der Waals surface area contributed by atoms with Gasteiger partial charge >= 0.3 is 6.09 Å². The third-order valence-corrected chi connectivity index (χ3v) is 3.24. The molecule has 0 aliphatic carbocycles. The van der Waals surface area contributed by atoms with Crippen LogP contribution >= 0.6 is 0 Å². The fraction of sp³-hybridized carbons (Fsp3) is 0.929. The highest BCUT2D eigenvalue weighted by Crippen LogP contribution is 2.20. The molecule has 0 bridgehead atoms. The quantitative estimate of drug-likeness (QED) is 0.723. The fourth-order valence-electron chi connectivity index (χ4n) is 2.83. The monoisotopic (exact) mass is 256 g/mol. The van der Waals surface area contributed by atoms with E-state index in [-0.39, 0.29) is 6.09 Å². The van der Waals surface area contributed by atoms with Crippen molar-refractivity contribution in [2.45, 2.75) is 72.2 Å². The van der Waals surface area contributed by atoms with Gasteiger partial charge in [0.1, 0.15) is 5.60 Å². The SMILES string of the molecule is CC(C)N1[C@H](C)CN(C(=O)OC(C)(C)C)C[C@H]1C. The van der Waals surface area contributed by atoms with Crippen LogP contribution in [0.1, 0.15) is 48.5 Å². The largest absolute Gasteiger partial charge is 0.444 e. The summed E-state index contributed by atoms with van der Waals surface area (Å²) in [5.74, 6) is 0. The van der Waals surface area contributed by atoms with Crippen LogP contribution in [-0.4, -0.2) is 52.7 Å². The predicted octanol–water partition coefficient (Wildman–Crippen LogP) is 2.72. The molecule has 0 saturated carbocycles. The van der Waals surface area contributed by atoms with E-state index in [1.807, 2.05) is 25.7 Å². The van der Waals surface area contributed by atoms with E-state index >= 15 is 0 Å². The Kier molecular flexibility index (Phi) is 4.65. The minimum absolute atomic E-state index is 0.190. The van der Waals surface area contributed by atoms with Crippen molar-refractivity contribution < 1.29 is 9.53 Å². The Labute approximate surface area is 111 Å². The third kappa shape index (κ3) is 3.87. The molecular formula is C14H28N2O2. The summed E-state index contributed by atoms with van der Waals surface area (Å²) in [5, 5.41) is 0. The van der Waals surface area contributed by atoms with Crippen molar-refractivity contribution in [2.75, 3.05) is 13.1 Å². The van der Waals surface area contributed by atoms with Crippen molar-refractivity contribution >= 4 is 6.09 Å². The molecule has 4 nitrogen and oxygen atoms in total. The number of rotatable bonds is 1. The van der Waals surface area contributed by atoms with Gasteiger partial charge in [-0.2, -0.15) is 0 Å². The van der Waals surface area contributed by atoms with Crippen molar-refractivity contribution in [1.82, 2.24) is 9.80 Å². The Morgan fingerprint density at radius 1 is 1.17 bits per heavy atom. The van der Waals surface area contributed by atoms with Crippen molar-refractivity contribution in [3.8, 4) is 0 Å². The molecule has 2 atom stereocenters. The summed E-state index contributed by atoms with van der Waals surface area (Å²) in [4.78, 5) is 16.4. The summed E-state index contributed by atoms with van der Waals surface area (Å²) in [6, 6.07) is 1.26. The molecule has 18 heavy (non-hydrogen) atoms. The van der Waals surface area contributed by atoms with Crippen LogP contribution in [-0.2, 0) is 4.74 Å². The van der Waals surface area contributed by atoms with E-state index in [4.69, 9.17) is 4.74 Å². The van der Waals surface area contributed by atoms with E-state index < -0.39 is 5.60 Å². The first-order valence-electron chi connectivity index (χ1n) is 6.87. The first-order chi connectivity index (χ1) is 8.11. The van der Waals surface area contributed by atoms with Crippen LogP contribution in [0.5, 0.6) is 0 Å². The van der Waals surface area contributed by atoms with Crippen LogP contribution in [0, 0.1) is 0 Å². The van der Waals surface area contributed by atoms with Crippen LogP contribution in [0.2, 0.25) is 0 Å². The van der Waals surface area contributed by atoms with E-state index in [0.29, 0.717) is 18.1 Å². The average molecular weight is 256 g/mol. The van der Waals surface area contributed by atoms with Crippen LogP contribution < -0.4 is 0 Å². The normalized spacial score (nSPS) is 26.6. The molecule has 0 spiro atoms. The summed E-state index contributed by atoms with van der Waals surface area (Å²) in [6.45, 7) is 16.0. The molecule has 1 rings (SSSR count). The lowest BCUT2D eigenvalue weighted by Gasteiger charge is -2.46. The zero-order valence-electron chi connectivity index (χ0n) is 12.9. The number of nitrogens with zero attached hydrogens (tertiary/aromatic N) is 2. The van der Waals surface area contributed by atoms with Crippen molar-refractivity contribution in [2.24, 2.45) is 0 Å². The Morgan fingerprint density at radius 2 is 1.61 bits per heavy atom. The highest BCUT2D eigenvalue weighted by molar-refractivity contribution is 5.68. The Hall–Kier alpha value is -0.770. The second kappa shape index (κ2) is 5.47. The van der Waals surface area contributed by atoms with Gasteiger partial charge in [-0.25, -0.2) is 4.79 Å². The van der Waals surface area contributed by atoms with Gasteiger partial charge in [0.2, 0.25) is 0 Å². The predicted molar refractivity (Wildman–Crippen MR) is 73.7 cm³/mol. The van der Waals surface area contributed by atoms with Crippen molar-refractivity contribution in [3.63, 3.8) is 0 Å². The number of carbonyl (C=O) groups is 1. The lowest BCUT2D eigenvalue weighted by molar-refractivity contribution is -0.0160. The first kappa shape index (κ1) is 15.3. The molecule has 4 heteroatoms. The fourth-order valence-corrected chi connectivity index (χ4v) is 2.83. The zero-order chi connectivity index (χ0) is 14.1. The molecule has 0 N–H and O–H groups in total. The first-order valence-corrected chi connectivity index (χ1v) is 6.87. The van der Waals surface area contributed by atoms with Gasteiger partial charge in [0.05, 0.1) is 0 Å². The molecular weight excluding hydrogens is 228 g/mol. The summed E-state index contributed by atoms with van der Waals surface area (Å²) in [7, 11) is 0. The molecule has 1 aliphatic heterocycles. The summed E-state index contributed by atoms with van der Waals surface area (Å²) in [5.41, 5.74) is -0.418. The molecule has 1 aliphatic rings. The Balaban J connectivity index is 2.65. The standard InChI is InChI=1S/C14H28N2O2/c1-10(2)16-11(3)8-15(9-12(16)4)13(17)18-14(5,6)7/h10-12H,8-9H2,1-7H3/t11-,12-/m1/s1. The number of amides is 1. The molecule has 0 aromatic rings. The highest BCUT2D eigenvalue weighted by Gasteiger charge is 2.34.